The van der Waals surface area contributed by atoms with E-state index in [2.05, 4.69) is 0 Å². The number of sulfone groups is 1. The number of carbonyl (C=O) groups is 1. The van der Waals surface area contributed by atoms with E-state index in [1.54, 1.807) is 0 Å². The van der Waals surface area contributed by atoms with Crippen LogP contribution in [0, 0.1) is 5.41 Å². The Morgan fingerprint density at radius 2 is 1.90 bits per heavy atom. The van der Waals surface area contributed by atoms with Crippen LogP contribution in [0.1, 0.15) is 19.3 Å². The van der Waals surface area contributed by atoms with Gasteiger partial charge >= 0.3 is 5.97 Å². The third-order valence-corrected chi connectivity index (χ3v) is 6.57. The molecule has 0 radical (unpaired) electrons. The van der Waals surface area contributed by atoms with E-state index >= 15 is 0 Å². The quantitative estimate of drug-likeness (QED) is 0.746. The smallest absolute Gasteiger partial charge is 0.303 e. The molecule has 2 rings (SSSR count). The number of carboxylic acids is 1. The van der Waals surface area contributed by atoms with E-state index < -0.39 is 21.2 Å². The topological polar surface area (TPSA) is 71.4 Å². The standard InChI is InChI=1S/C14H18O4S2/c15-13(16)10-14(6-7-14)11-20(17,18)9-8-19-12-4-2-1-3-5-12/h1-5H,6-11H2,(H,15,16). The van der Waals surface area contributed by atoms with Gasteiger partial charge in [0.25, 0.3) is 0 Å². The van der Waals surface area contributed by atoms with E-state index in [0.717, 1.165) is 4.90 Å². The molecule has 1 aliphatic rings. The molecule has 0 unspecified atom stereocenters. The molecule has 0 aromatic heterocycles. The molecule has 1 aromatic rings. The Morgan fingerprint density at radius 3 is 2.45 bits per heavy atom. The Bertz CT molecular complexity index is 562. The van der Waals surface area contributed by atoms with Crippen molar-refractivity contribution in [2.24, 2.45) is 5.41 Å². The first kappa shape index (κ1) is 15.4. The Hall–Kier alpha value is -1.01. The van der Waals surface area contributed by atoms with Crippen molar-refractivity contribution >= 4 is 27.6 Å². The summed E-state index contributed by atoms with van der Waals surface area (Å²) in [6, 6.07) is 9.66. The largest absolute Gasteiger partial charge is 0.481 e. The molecule has 1 N–H and O–H groups in total. The van der Waals surface area contributed by atoms with Crippen molar-refractivity contribution < 1.29 is 18.3 Å². The summed E-state index contributed by atoms with van der Waals surface area (Å²) < 4.78 is 24.1. The Balaban J connectivity index is 1.81. The minimum Gasteiger partial charge on any atom is -0.481 e. The van der Waals surface area contributed by atoms with E-state index in [0.29, 0.717) is 18.6 Å². The average molecular weight is 314 g/mol. The molecular formula is C14H18O4S2. The van der Waals surface area contributed by atoms with Crippen LogP contribution in [0.25, 0.3) is 0 Å². The van der Waals surface area contributed by atoms with Gasteiger partial charge in [0.1, 0.15) is 0 Å². The highest BCUT2D eigenvalue weighted by molar-refractivity contribution is 8.00. The maximum Gasteiger partial charge on any atom is 0.303 e. The fraction of sp³-hybridized carbons (Fsp3) is 0.500. The Kier molecular flexibility index (Phi) is 4.75. The molecule has 6 heteroatoms. The molecule has 0 amide bonds. The van der Waals surface area contributed by atoms with Crippen LogP contribution in [0.5, 0.6) is 0 Å². The number of hydrogen-bond acceptors (Lipinski definition) is 4. The van der Waals surface area contributed by atoms with Gasteiger partial charge in [0.05, 0.1) is 17.9 Å². The van der Waals surface area contributed by atoms with Crippen molar-refractivity contribution in [3.8, 4) is 0 Å². The molecule has 1 aliphatic carbocycles. The summed E-state index contributed by atoms with van der Waals surface area (Å²) in [6.45, 7) is 0. The van der Waals surface area contributed by atoms with Crippen LogP contribution in [-0.2, 0) is 14.6 Å². The molecule has 4 nitrogen and oxygen atoms in total. The first-order chi connectivity index (χ1) is 9.41. The van der Waals surface area contributed by atoms with Crippen LogP contribution in [0.2, 0.25) is 0 Å². The monoisotopic (exact) mass is 314 g/mol. The van der Waals surface area contributed by atoms with Crippen LogP contribution in [0.4, 0.5) is 0 Å². The number of aliphatic carboxylic acids is 1. The van der Waals surface area contributed by atoms with E-state index in [1.165, 1.54) is 11.8 Å². The normalized spacial score (nSPS) is 16.8. The number of hydrogen-bond donors (Lipinski definition) is 1. The zero-order chi connectivity index (χ0) is 14.6. The zero-order valence-electron chi connectivity index (χ0n) is 11.1. The highest BCUT2D eigenvalue weighted by Gasteiger charge is 2.47. The summed E-state index contributed by atoms with van der Waals surface area (Å²) in [5, 5.41) is 8.81. The lowest BCUT2D eigenvalue weighted by Gasteiger charge is -2.12. The highest BCUT2D eigenvalue weighted by atomic mass is 32.2. The van der Waals surface area contributed by atoms with Gasteiger partial charge in [-0.3, -0.25) is 4.79 Å². The molecule has 0 atom stereocenters. The number of carboxylic acid groups (broad SMARTS) is 1. The molecular weight excluding hydrogens is 296 g/mol. The second kappa shape index (κ2) is 6.18. The fourth-order valence-electron chi connectivity index (χ4n) is 2.21. The lowest BCUT2D eigenvalue weighted by molar-refractivity contribution is -0.138. The van der Waals surface area contributed by atoms with Gasteiger partial charge in [-0.1, -0.05) is 18.2 Å². The Labute approximate surface area is 123 Å². The lowest BCUT2D eigenvalue weighted by atomic mass is 10.1. The number of thioether (sulfide) groups is 1. The molecule has 110 valence electrons. The van der Waals surface area contributed by atoms with Crippen LogP contribution in [0.15, 0.2) is 35.2 Å². The van der Waals surface area contributed by atoms with Gasteiger partial charge in [-0.25, -0.2) is 8.42 Å². The number of benzene rings is 1. The number of rotatable bonds is 8. The predicted molar refractivity (Wildman–Crippen MR) is 79.7 cm³/mol. The maximum absolute atomic E-state index is 12.1. The van der Waals surface area contributed by atoms with Gasteiger partial charge in [0.2, 0.25) is 0 Å². The van der Waals surface area contributed by atoms with Gasteiger partial charge in [0.15, 0.2) is 9.84 Å². The first-order valence-electron chi connectivity index (χ1n) is 6.51. The van der Waals surface area contributed by atoms with Gasteiger partial charge in [-0.2, -0.15) is 0 Å². The summed E-state index contributed by atoms with van der Waals surface area (Å²) in [6.07, 6.45) is 1.40. The van der Waals surface area contributed by atoms with Crippen LogP contribution >= 0.6 is 11.8 Å². The van der Waals surface area contributed by atoms with Crippen LogP contribution in [0.3, 0.4) is 0 Å². The minimum absolute atomic E-state index is 0.0155. The van der Waals surface area contributed by atoms with Crippen molar-refractivity contribution in [3.63, 3.8) is 0 Å². The summed E-state index contributed by atoms with van der Waals surface area (Å²) in [5.74, 6) is -0.276. The molecule has 0 heterocycles. The Morgan fingerprint density at radius 1 is 1.25 bits per heavy atom. The zero-order valence-corrected chi connectivity index (χ0v) is 12.8. The third kappa shape index (κ3) is 4.83. The molecule has 1 saturated carbocycles. The minimum atomic E-state index is -3.18. The summed E-state index contributed by atoms with van der Waals surface area (Å²) in [7, 11) is -3.18. The van der Waals surface area contributed by atoms with Gasteiger partial charge in [-0.05, 0) is 30.4 Å². The molecule has 0 spiro atoms. The van der Waals surface area contributed by atoms with Crippen molar-refractivity contribution in [1.29, 1.82) is 0 Å². The molecule has 0 saturated heterocycles. The molecule has 0 aliphatic heterocycles. The third-order valence-electron chi connectivity index (χ3n) is 3.42. The lowest BCUT2D eigenvalue weighted by Crippen LogP contribution is -2.23. The highest BCUT2D eigenvalue weighted by Crippen LogP contribution is 2.49. The van der Waals surface area contributed by atoms with Crippen molar-refractivity contribution in [2.75, 3.05) is 17.3 Å². The van der Waals surface area contributed by atoms with Gasteiger partial charge < -0.3 is 5.11 Å². The molecule has 0 bridgehead atoms. The molecule has 20 heavy (non-hydrogen) atoms. The predicted octanol–water partition coefficient (Wildman–Crippen LogP) is 2.45. The van der Waals surface area contributed by atoms with E-state index in [4.69, 9.17) is 5.11 Å². The van der Waals surface area contributed by atoms with Crippen molar-refractivity contribution in [2.45, 2.75) is 24.2 Å². The van der Waals surface area contributed by atoms with Gasteiger partial charge in [0, 0.05) is 10.6 Å². The van der Waals surface area contributed by atoms with E-state index in [1.807, 2.05) is 30.3 Å². The summed E-state index contributed by atoms with van der Waals surface area (Å²) >= 11 is 1.51. The molecule has 1 aromatic carbocycles. The molecule has 1 fully saturated rings. The van der Waals surface area contributed by atoms with E-state index in [-0.39, 0.29) is 17.9 Å². The maximum atomic E-state index is 12.1. The van der Waals surface area contributed by atoms with Crippen LogP contribution < -0.4 is 0 Å². The average Bonchev–Trinajstić information content (AvgIpc) is 3.07. The van der Waals surface area contributed by atoms with Crippen molar-refractivity contribution in [3.05, 3.63) is 30.3 Å². The SMILES string of the molecule is O=C(O)CC1(CS(=O)(=O)CCSc2ccccc2)CC1. The summed E-state index contributed by atoms with van der Waals surface area (Å²) in [4.78, 5) is 11.8. The van der Waals surface area contributed by atoms with Crippen molar-refractivity contribution in [1.82, 2.24) is 0 Å². The van der Waals surface area contributed by atoms with Gasteiger partial charge in [-0.15, -0.1) is 11.8 Å². The first-order valence-corrected chi connectivity index (χ1v) is 9.32. The van der Waals surface area contributed by atoms with E-state index in [9.17, 15) is 13.2 Å². The second-order valence-corrected chi connectivity index (χ2v) is 8.68. The second-order valence-electron chi connectivity index (χ2n) is 5.32. The fourth-order valence-corrected chi connectivity index (χ4v) is 5.61. The van der Waals surface area contributed by atoms with Crippen LogP contribution in [-0.4, -0.2) is 36.8 Å². The summed E-state index contributed by atoms with van der Waals surface area (Å²) in [5.41, 5.74) is -0.484.